The molecule has 6 nitrogen and oxygen atoms in total. The summed E-state index contributed by atoms with van der Waals surface area (Å²) in [7, 11) is 0. The van der Waals surface area contributed by atoms with Crippen LogP contribution in [0.15, 0.2) is 34.7 Å². The maximum atomic E-state index is 12.2. The number of aromatic nitrogens is 2. The van der Waals surface area contributed by atoms with E-state index in [1.807, 2.05) is 6.07 Å². The van der Waals surface area contributed by atoms with Crippen molar-refractivity contribution in [2.45, 2.75) is 32.9 Å². The van der Waals surface area contributed by atoms with Gasteiger partial charge < -0.3 is 9.73 Å². The second-order valence-corrected chi connectivity index (χ2v) is 5.97. The van der Waals surface area contributed by atoms with Gasteiger partial charge in [-0.15, -0.1) is 10.2 Å². The van der Waals surface area contributed by atoms with E-state index < -0.39 is 0 Å². The predicted octanol–water partition coefficient (Wildman–Crippen LogP) is 1.91. The van der Waals surface area contributed by atoms with Crippen LogP contribution in [0.5, 0.6) is 0 Å². The van der Waals surface area contributed by atoms with Crippen LogP contribution < -0.4 is 5.32 Å². The van der Waals surface area contributed by atoms with Crippen LogP contribution in [-0.2, 0) is 17.9 Å². The van der Waals surface area contributed by atoms with Gasteiger partial charge in [0.2, 0.25) is 17.7 Å². The minimum absolute atomic E-state index is 0.0750. The van der Waals surface area contributed by atoms with Crippen molar-refractivity contribution in [3.63, 3.8) is 0 Å². The number of benzene rings is 1. The minimum Gasteiger partial charge on any atom is -0.424 e. The lowest BCUT2D eigenvalue weighted by molar-refractivity contribution is -0.126. The van der Waals surface area contributed by atoms with E-state index in [2.05, 4.69) is 44.7 Å². The zero-order valence-electron chi connectivity index (χ0n) is 13.4. The molecule has 0 spiro atoms. The van der Waals surface area contributed by atoms with E-state index >= 15 is 0 Å². The first-order valence-corrected chi connectivity index (χ1v) is 8.03. The Hall–Kier alpha value is -2.21. The third-order valence-corrected chi connectivity index (χ3v) is 4.19. The molecule has 2 aromatic rings. The largest absolute Gasteiger partial charge is 0.424 e. The van der Waals surface area contributed by atoms with E-state index in [0.717, 1.165) is 32.5 Å². The first kappa shape index (κ1) is 15.7. The van der Waals surface area contributed by atoms with Gasteiger partial charge in [-0.3, -0.25) is 9.69 Å². The molecule has 6 heteroatoms. The van der Waals surface area contributed by atoms with E-state index in [1.54, 1.807) is 6.92 Å². The number of piperidine rings is 1. The summed E-state index contributed by atoms with van der Waals surface area (Å²) in [6, 6.07) is 10.4. The lowest BCUT2D eigenvalue weighted by atomic mass is 9.95. The summed E-state index contributed by atoms with van der Waals surface area (Å²) in [5.41, 5.74) is 1.32. The zero-order chi connectivity index (χ0) is 16.1. The van der Waals surface area contributed by atoms with Crippen LogP contribution in [0.2, 0.25) is 0 Å². The molecule has 0 atom stereocenters. The van der Waals surface area contributed by atoms with Crippen LogP contribution in [0.3, 0.4) is 0 Å². The molecule has 1 N–H and O–H groups in total. The van der Waals surface area contributed by atoms with Crippen molar-refractivity contribution in [3.05, 3.63) is 47.7 Å². The van der Waals surface area contributed by atoms with Gasteiger partial charge in [-0.25, -0.2) is 0 Å². The highest BCUT2D eigenvalue weighted by atomic mass is 16.4. The Bertz CT molecular complexity index is 633. The maximum Gasteiger partial charge on any atom is 0.235 e. The number of nitrogens with one attached hydrogen (secondary N) is 1. The Kier molecular flexibility index (Phi) is 5.02. The second kappa shape index (κ2) is 7.37. The van der Waals surface area contributed by atoms with Crippen molar-refractivity contribution in [2.24, 2.45) is 5.92 Å². The molecule has 1 fully saturated rings. The highest BCUT2D eigenvalue weighted by molar-refractivity contribution is 5.78. The molecule has 122 valence electrons. The molecule has 0 radical (unpaired) electrons. The number of rotatable bonds is 5. The van der Waals surface area contributed by atoms with Gasteiger partial charge in [0.25, 0.3) is 0 Å². The summed E-state index contributed by atoms with van der Waals surface area (Å²) in [4.78, 5) is 14.6. The van der Waals surface area contributed by atoms with Gasteiger partial charge in [-0.1, -0.05) is 30.3 Å². The van der Waals surface area contributed by atoms with Crippen LogP contribution in [0.1, 0.15) is 30.2 Å². The predicted molar refractivity (Wildman–Crippen MR) is 85.3 cm³/mol. The van der Waals surface area contributed by atoms with Gasteiger partial charge in [-0.2, -0.15) is 0 Å². The van der Waals surface area contributed by atoms with Crippen LogP contribution in [0.4, 0.5) is 0 Å². The lowest BCUT2D eigenvalue weighted by Crippen LogP contribution is -2.40. The van der Waals surface area contributed by atoms with Gasteiger partial charge in [0, 0.05) is 19.4 Å². The summed E-state index contributed by atoms with van der Waals surface area (Å²) < 4.78 is 5.26. The lowest BCUT2D eigenvalue weighted by Gasteiger charge is -2.31. The van der Waals surface area contributed by atoms with Crippen molar-refractivity contribution >= 4 is 5.91 Å². The van der Waals surface area contributed by atoms with Crippen LogP contribution >= 0.6 is 0 Å². The third-order valence-electron chi connectivity index (χ3n) is 4.19. The average Bonchev–Trinajstić information content (AvgIpc) is 3.00. The first-order valence-electron chi connectivity index (χ1n) is 8.03. The van der Waals surface area contributed by atoms with Crippen LogP contribution in [0.25, 0.3) is 0 Å². The minimum atomic E-state index is 0.0750. The van der Waals surface area contributed by atoms with E-state index in [1.165, 1.54) is 5.56 Å². The number of nitrogens with zero attached hydrogens (tertiary/aromatic N) is 3. The summed E-state index contributed by atoms with van der Waals surface area (Å²) in [6.45, 7) is 4.90. The molecule has 3 rings (SSSR count). The fourth-order valence-corrected chi connectivity index (χ4v) is 2.91. The fourth-order valence-electron chi connectivity index (χ4n) is 2.91. The average molecular weight is 314 g/mol. The van der Waals surface area contributed by atoms with Crippen molar-refractivity contribution in [1.29, 1.82) is 0 Å². The molecule has 1 amide bonds. The summed E-state index contributed by atoms with van der Waals surface area (Å²) in [5.74, 6) is 1.13. The summed E-state index contributed by atoms with van der Waals surface area (Å²) in [5, 5.41) is 10.5. The fraction of sp³-hybridized carbons (Fsp3) is 0.471. The van der Waals surface area contributed by atoms with Gasteiger partial charge in [0.1, 0.15) is 0 Å². The third kappa shape index (κ3) is 4.39. The van der Waals surface area contributed by atoms with Gasteiger partial charge in [0.15, 0.2) is 0 Å². The molecule has 0 aliphatic carbocycles. The molecule has 1 aliphatic rings. The molecule has 1 aromatic heterocycles. The van der Waals surface area contributed by atoms with Crippen molar-refractivity contribution < 1.29 is 9.21 Å². The van der Waals surface area contributed by atoms with Gasteiger partial charge >= 0.3 is 0 Å². The quantitative estimate of drug-likeness (QED) is 0.913. The first-order chi connectivity index (χ1) is 11.2. The Morgan fingerprint density at radius 1 is 1.26 bits per heavy atom. The van der Waals surface area contributed by atoms with E-state index in [4.69, 9.17) is 4.42 Å². The molecule has 1 aliphatic heterocycles. The van der Waals surface area contributed by atoms with Crippen LogP contribution in [-0.4, -0.2) is 34.1 Å². The number of amides is 1. The van der Waals surface area contributed by atoms with Crippen molar-refractivity contribution in [3.8, 4) is 0 Å². The van der Waals surface area contributed by atoms with Gasteiger partial charge in [0.05, 0.1) is 6.54 Å². The molecular weight excluding hydrogens is 292 g/mol. The second-order valence-electron chi connectivity index (χ2n) is 5.97. The van der Waals surface area contributed by atoms with E-state index in [-0.39, 0.29) is 11.8 Å². The molecular formula is C17H22N4O2. The van der Waals surface area contributed by atoms with E-state index in [9.17, 15) is 4.79 Å². The Balaban J connectivity index is 1.42. The van der Waals surface area contributed by atoms with E-state index in [0.29, 0.717) is 18.3 Å². The topological polar surface area (TPSA) is 71.3 Å². The smallest absolute Gasteiger partial charge is 0.235 e. The Morgan fingerprint density at radius 3 is 2.65 bits per heavy atom. The van der Waals surface area contributed by atoms with Gasteiger partial charge in [-0.05, 0) is 31.5 Å². The highest BCUT2D eigenvalue weighted by Crippen LogP contribution is 2.19. The number of likely N-dealkylation sites (tertiary alicyclic amines) is 1. The normalized spacial score (nSPS) is 16.4. The zero-order valence-corrected chi connectivity index (χ0v) is 13.4. The van der Waals surface area contributed by atoms with Crippen molar-refractivity contribution in [1.82, 2.24) is 20.4 Å². The molecule has 1 saturated heterocycles. The molecule has 0 saturated carbocycles. The summed E-state index contributed by atoms with van der Waals surface area (Å²) in [6.07, 6.45) is 1.78. The highest BCUT2D eigenvalue weighted by Gasteiger charge is 2.25. The monoisotopic (exact) mass is 314 g/mol. The maximum absolute atomic E-state index is 12.2. The van der Waals surface area contributed by atoms with Crippen molar-refractivity contribution in [2.75, 3.05) is 13.1 Å². The number of carbonyl (C=O) groups excluding carboxylic acids is 1. The molecule has 23 heavy (non-hydrogen) atoms. The number of hydrogen-bond acceptors (Lipinski definition) is 5. The number of aryl methyl sites for hydroxylation is 1. The molecule has 1 aromatic carbocycles. The Labute approximate surface area is 135 Å². The standard InChI is InChI=1S/C17H22N4O2/c1-13-19-20-16(23-13)11-18-17(22)15-7-9-21(10-8-15)12-14-5-3-2-4-6-14/h2-6,15H,7-12H2,1H3,(H,18,22). The Morgan fingerprint density at radius 2 is 2.00 bits per heavy atom. The summed E-state index contributed by atoms with van der Waals surface area (Å²) >= 11 is 0. The number of hydrogen-bond donors (Lipinski definition) is 1. The molecule has 0 unspecified atom stereocenters. The SMILES string of the molecule is Cc1nnc(CNC(=O)C2CCN(Cc3ccccc3)CC2)o1. The number of carbonyl (C=O) groups is 1. The van der Waals surface area contributed by atoms with Crippen LogP contribution in [0, 0.1) is 12.8 Å². The molecule has 0 bridgehead atoms. The molecule has 2 heterocycles.